The summed E-state index contributed by atoms with van der Waals surface area (Å²) in [6, 6.07) is 17.3. The highest BCUT2D eigenvalue weighted by atomic mass is 19.4. The quantitative estimate of drug-likeness (QED) is 0.559. The molecule has 7 nitrogen and oxygen atoms in total. The van der Waals surface area contributed by atoms with Crippen molar-refractivity contribution in [2.45, 2.75) is 25.2 Å². The van der Waals surface area contributed by atoms with Crippen molar-refractivity contribution in [2.75, 3.05) is 18.4 Å². The van der Waals surface area contributed by atoms with Crippen molar-refractivity contribution in [3.05, 3.63) is 82.3 Å². The van der Waals surface area contributed by atoms with Crippen molar-refractivity contribution in [3.8, 4) is 22.9 Å². The Hall–Kier alpha value is -4.26. The smallest absolute Gasteiger partial charge is 0.406 e. The number of rotatable bonds is 3. The zero-order valence-electron chi connectivity index (χ0n) is 19.0. The van der Waals surface area contributed by atoms with Gasteiger partial charge in [0.05, 0.1) is 11.6 Å². The van der Waals surface area contributed by atoms with Gasteiger partial charge >= 0.3 is 12.4 Å². The zero-order chi connectivity index (χ0) is 25.4. The average Bonchev–Trinajstić information content (AvgIpc) is 2.84. The largest absolute Gasteiger partial charge is 0.573 e. The number of fused-ring (bicyclic) bond motifs is 4. The van der Waals surface area contributed by atoms with E-state index in [1.807, 2.05) is 12.1 Å². The summed E-state index contributed by atoms with van der Waals surface area (Å²) in [5.41, 5.74) is 2.52. The maximum Gasteiger partial charge on any atom is 0.573 e. The first kappa shape index (κ1) is 23.5. The summed E-state index contributed by atoms with van der Waals surface area (Å²) in [7, 11) is 0. The van der Waals surface area contributed by atoms with Crippen molar-refractivity contribution in [1.29, 1.82) is 5.26 Å². The third-order valence-corrected chi connectivity index (χ3v) is 6.53. The van der Waals surface area contributed by atoms with Crippen molar-refractivity contribution >= 4 is 11.7 Å². The van der Waals surface area contributed by atoms with Crippen LogP contribution in [0.15, 0.2) is 65.5 Å². The predicted octanol–water partition coefficient (Wildman–Crippen LogP) is 4.94. The first-order chi connectivity index (χ1) is 17.2. The highest BCUT2D eigenvalue weighted by molar-refractivity contribution is 5.89. The van der Waals surface area contributed by atoms with E-state index in [0.29, 0.717) is 42.0 Å². The molecule has 10 heteroatoms. The molecule has 0 aliphatic carbocycles. The van der Waals surface area contributed by atoms with Crippen LogP contribution >= 0.6 is 0 Å². The number of ether oxygens (including phenoxy) is 1. The summed E-state index contributed by atoms with van der Waals surface area (Å²) in [5, 5.41) is 11.9. The number of urea groups is 1. The molecule has 5 rings (SSSR count). The van der Waals surface area contributed by atoms with E-state index in [9.17, 15) is 22.8 Å². The van der Waals surface area contributed by atoms with Crippen LogP contribution in [0.2, 0.25) is 0 Å². The van der Waals surface area contributed by atoms with Crippen LogP contribution in [0.25, 0.3) is 11.1 Å². The van der Waals surface area contributed by atoms with Crippen molar-refractivity contribution in [2.24, 2.45) is 5.92 Å². The number of anilines is 1. The summed E-state index contributed by atoms with van der Waals surface area (Å²) in [4.78, 5) is 28.0. The van der Waals surface area contributed by atoms with Gasteiger partial charge < -0.3 is 19.5 Å². The molecule has 0 saturated carbocycles. The maximum atomic E-state index is 13.3. The van der Waals surface area contributed by atoms with E-state index in [-0.39, 0.29) is 29.2 Å². The molecule has 1 N–H and O–H groups in total. The van der Waals surface area contributed by atoms with E-state index in [2.05, 4.69) is 10.1 Å². The monoisotopic (exact) mass is 494 g/mol. The lowest BCUT2D eigenvalue weighted by atomic mass is 9.83. The standard InChI is InChI=1S/C26H21F3N4O3/c27-26(28,29)36-21-6-4-18(5-7-21)22-8-9-23-19-10-17(14-33(23)24(22)34)13-32(15-19)25(35)31-20-3-1-2-16(11-20)12-30/h1-9,11,17,19H,10,13-15H2,(H,31,35). The van der Waals surface area contributed by atoms with E-state index in [1.54, 1.807) is 39.8 Å². The number of hydrogen-bond donors (Lipinski definition) is 1. The Morgan fingerprint density at radius 3 is 2.56 bits per heavy atom. The Balaban J connectivity index is 1.34. The number of halogens is 3. The number of alkyl halides is 3. The van der Waals surface area contributed by atoms with Crippen LogP contribution in [0.3, 0.4) is 0 Å². The number of piperidine rings is 1. The van der Waals surface area contributed by atoms with Crippen LogP contribution in [-0.2, 0) is 6.54 Å². The number of hydrogen-bond acceptors (Lipinski definition) is 4. The van der Waals surface area contributed by atoms with Crippen molar-refractivity contribution in [3.63, 3.8) is 0 Å². The number of amides is 2. The molecule has 2 bridgehead atoms. The van der Waals surface area contributed by atoms with Gasteiger partial charge in [-0.2, -0.15) is 5.26 Å². The third kappa shape index (κ3) is 4.77. The molecule has 2 aliphatic rings. The fourth-order valence-corrected chi connectivity index (χ4v) is 5.04. The number of nitriles is 1. The molecule has 2 amide bonds. The molecule has 2 aliphatic heterocycles. The molecular weight excluding hydrogens is 473 g/mol. The zero-order valence-corrected chi connectivity index (χ0v) is 19.0. The van der Waals surface area contributed by atoms with Gasteiger partial charge in [-0.1, -0.05) is 18.2 Å². The fourth-order valence-electron chi connectivity index (χ4n) is 5.04. The minimum atomic E-state index is -4.78. The van der Waals surface area contributed by atoms with E-state index in [1.165, 1.54) is 24.3 Å². The van der Waals surface area contributed by atoms with Crippen LogP contribution in [0.5, 0.6) is 5.75 Å². The summed E-state index contributed by atoms with van der Waals surface area (Å²) < 4.78 is 42.9. The van der Waals surface area contributed by atoms with Crippen molar-refractivity contribution < 1.29 is 22.7 Å². The minimum Gasteiger partial charge on any atom is -0.406 e. The minimum absolute atomic E-state index is 0.0157. The highest BCUT2D eigenvalue weighted by Gasteiger charge is 2.37. The SMILES string of the molecule is N#Cc1cccc(NC(=O)N2CC3CC(C2)c2ccc(-c4ccc(OC(F)(F)F)cc4)c(=O)n2C3)c1. The van der Waals surface area contributed by atoms with Gasteiger partial charge in [-0.15, -0.1) is 13.2 Å². The van der Waals surface area contributed by atoms with Crippen LogP contribution in [0.1, 0.15) is 23.6 Å². The Morgan fingerprint density at radius 1 is 1.06 bits per heavy atom. The average molecular weight is 494 g/mol. The van der Waals surface area contributed by atoms with Gasteiger partial charge in [0.15, 0.2) is 0 Å². The second kappa shape index (κ2) is 9.07. The Morgan fingerprint density at radius 2 is 1.83 bits per heavy atom. The Bertz CT molecular complexity index is 1410. The first-order valence-corrected chi connectivity index (χ1v) is 11.4. The van der Waals surface area contributed by atoms with Crippen LogP contribution in [0.4, 0.5) is 23.7 Å². The second-order valence-electron chi connectivity index (χ2n) is 8.99. The maximum absolute atomic E-state index is 13.3. The molecule has 1 aromatic heterocycles. The number of aromatic nitrogens is 1. The number of benzene rings is 2. The third-order valence-electron chi connectivity index (χ3n) is 6.53. The number of pyridine rings is 1. The summed E-state index contributed by atoms with van der Waals surface area (Å²) >= 11 is 0. The van der Waals surface area contributed by atoms with E-state index < -0.39 is 6.36 Å². The lowest BCUT2D eigenvalue weighted by Crippen LogP contribution is -2.50. The Kier molecular flexibility index (Phi) is 5.92. The van der Waals surface area contributed by atoms with Crippen LogP contribution in [0, 0.1) is 17.2 Å². The molecule has 3 aromatic rings. The molecule has 2 unspecified atom stereocenters. The molecule has 3 heterocycles. The molecule has 1 fully saturated rings. The molecule has 2 atom stereocenters. The number of nitrogens with one attached hydrogen (secondary N) is 1. The summed E-state index contributed by atoms with van der Waals surface area (Å²) in [6.07, 6.45) is -3.92. The number of likely N-dealkylation sites (tertiary alicyclic amines) is 1. The van der Waals surface area contributed by atoms with Gasteiger partial charge in [0.1, 0.15) is 5.75 Å². The number of carbonyl (C=O) groups excluding carboxylic acids is 1. The van der Waals surface area contributed by atoms with E-state index in [4.69, 9.17) is 5.26 Å². The summed E-state index contributed by atoms with van der Waals surface area (Å²) in [6.45, 7) is 1.38. The van der Waals surface area contributed by atoms with Gasteiger partial charge in [0.25, 0.3) is 5.56 Å². The van der Waals surface area contributed by atoms with E-state index in [0.717, 1.165) is 12.1 Å². The molecule has 36 heavy (non-hydrogen) atoms. The van der Waals surface area contributed by atoms with Crippen molar-refractivity contribution in [1.82, 2.24) is 9.47 Å². The topological polar surface area (TPSA) is 87.4 Å². The normalized spacial score (nSPS) is 18.7. The van der Waals surface area contributed by atoms with Gasteiger partial charge in [-0.25, -0.2) is 4.79 Å². The molecular formula is C26H21F3N4O3. The van der Waals surface area contributed by atoms with Crippen LogP contribution in [-0.4, -0.2) is 34.9 Å². The van der Waals surface area contributed by atoms with Gasteiger partial charge in [-0.05, 0) is 60.4 Å². The lowest BCUT2D eigenvalue weighted by Gasteiger charge is -2.42. The van der Waals surface area contributed by atoms with Gasteiger partial charge in [-0.3, -0.25) is 4.79 Å². The number of carbonyl (C=O) groups is 1. The molecule has 1 saturated heterocycles. The van der Waals surface area contributed by atoms with Crippen LogP contribution < -0.4 is 15.6 Å². The molecule has 2 aromatic carbocycles. The highest BCUT2D eigenvalue weighted by Crippen LogP contribution is 2.36. The summed E-state index contributed by atoms with van der Waals surface area (Å²) in [5.74, 6) is -0.280. The number of nitrogens with zero attached hydrogens (tertiary/aromatic N) is 3. The lowest BCUT2D eigenvalue weighted by molar-refractivity contribution is -0.274. The molecule has 184 valence electrons. The fraction of sp³-hybridized carbons (Fsp3) is 0.269. The predicted molar refractivity (Wildman–Crippen MR) is 125 cm³/mol. The van der Waals surface area contributed by atoms with Gasteiger partial charge in [0.2, 0.25) is 0 Å². The van der Waals surface area contributed by atoms with E-state index >= 15 is 0 Å². The second-order valence-corrected chi connectivity index (χ2v) is 8.99. The van der Waals surface area contributed by atoms with Gasteiger partial charge in [0, 0.05) is 42.5 Å². The molecule has 0 spiro atoms. The Labute approximate surface area is 204 Å². The first-order valence-electron chi connectivity index (χ1n) is 11.4. The molecule has 0 radical (unpaired) electrons.